The molecule has 1 aromatic heterocycles. The van der Waals surface area contributed by atoms with Crippen LogP contribution >= 0.6 is 0 Å². The third-order valence-electron chi connectivity index (χ3n) is 2.66. The summed E-state index contributed by atoms with van der Waals surface area (Å²) in [7, 11) is 0. The van der Waals surface area contributed by atoms with Crippen molar-refractivity contribution in [2.45, 2.75) is 13.0 Å². The van der Waals surface area contributed by atoms with Crippen LogP contribution in [0.1, 0.15) is 18.5 Å². The van der Waals surface area contributed by atoms with E-state index in [4.69, 9.17) is 5.73 Å². The number of rotatable bonds is 2. The molecule has 1 atom stereocenters. The molecule has 1 aliphatic rings. The highest BCUT2D eigenvalue weighted by molar-refractivity contribution is 5.82. The normalized spacial score (nSPS) is 18.1. The molecule has 0 aliphatic carbocycles. The van der Waals surface area contributed by atoms with Crippen LogP contribution in [0, 0.1) is 0 Å². The Morgan fingerprint density at radius 2 is 2.44 bits per heavy atom. The van der Waals surface area contributed by atoms with Crippen LogP contribution in [0.5, 0.6) is 0 Å². The van der Waals surface area contributed by atoms with Gasteiger partial charge in [0.15, 0.2) is 0 Å². The topological polar surface area (TPSA) is 71.2 Å². The first-order valence-corrected chi connectivity index (χ1v) is 5.40. The van der Waals surface area contributed by atoms with Crippen molar-refractivity contribution in [3.05, 3.63) is 23.9 Å². The lowest BCUT2D eigenvalue weighted by Gasteiger charge is -2.28. The van der Waals surface area contributed by atoms with E-state index in [1.54, 1.807) is 6.20 Å². The predicted octanol–water partition coefficient (Wildman–Crippen LogP) is 0.0375. The van der Waals surface area contributed by atoms with Gasteiger partial charge in [-0.25, -0.2) is 4.98 Å². The molecule has 1 saturated heterocycles. The van der Waals surface area contributed by atoms with E-state index >= 15 is 0 Å². The van der Waals surface area contributed by atoms with Crippen molar-refractivity contribution in [2.75, 3.05) is 24.5 Å². The highest BCUT2D eigenvalue weighted by atomic mass is 16.2. The van der Waals surface area contributed by atoms with Gasteiger partial charge in [0.2, 0.25) is 5.91 Å². The number of amides is 1. The van der Waals surface area contributed by atoms with E-state index < -0.39 is 0 Å². The Morgan fingerprint density at radius 1 is 1.62 bits per heavy atom. The van der Waals surface area contributed by atoms with Crippen molar-refractivity contribution >= 4 is 11.7 Å². The van der Waals surface area contributed by atoms with Crippen molar-refractivity contribution in [3.8, 4) is 0 Å². The van der Waals surface area contributed by atoms with Gasteiger partial charge in [0.25, 0.3) is 0 Å². The number of carbonyl (C=O) groups excluding carboxylic acids is 1. The summed E-state index contributed by atoms with van der Waals surface area (Å²) in [4.78, 5) is 17.5. The molecule has 0 saturated carbocycles. The quantitative estimate of drug-likeness (QED) is 0.738. The smallest absolute Gasteiger partial charge is 0.239 e. The van der Waals surface area contributed by atoms with Crippen molar-refractivity contribution in [1.29, 1.82) is 0 Å². The third kappa shape index (κ3) is 2.30. The van der Waals surface area contributed by atoms with Gasteiger partial charge in [0.1, 0.15) is 5.82 Å². The molecule has 0 radical (unpaired) electrons. The van der Waals surface area contributed by atoms with E-state index in [9.17, 15) is 4.79 Å². The Balaban J connectivity index is 2.19. The summed E-state index contributed by atoms with van der Waals surface area (Å²) in [6, 6.07) is 3.84. The molecule has 0 spiro atoms. The molecule has 86 valence electrons. The van der Waals surface area contributed by atoms with Gasteiger partial charge < -0.3 is 16.0 Å². The van der Waals surface area contributed by atoms with Crippen LogP contribution in [-0.4, -0.2) is 30.5 Å². The molecule has 16 heavy (non-hydrogen) atoms. The number of nitrogens with one attached hydrogen (secondary N) is 1. The Kier molecular flexibility index (Phi) is 3.05. The number of nitrogens with zero attached hydrogens (tertiary/aromatic N) is 2. The lowest BCUT2D eigenvalue weighted by atomic mass is 10.1. The van der Waals surface area contributed by atoms with Crippen molar-refractivity contribution < 1.29 is 4.79 Å². The van der Waals surface area contributed by atoms with Crippen molar-refractivity contribution in [3.63, 3.8) is 0 Å². The third-order valence-corrected chi connectivity index (χ3v) is 2.66. The van der Waals surface area contributed by atoms with E-state index in [1.807, 2.05) is 24.0 Å². The molecule has 1 aromatic rings. The van der Waals surface area contributed by atoms with E-state index in [0.717, 1.165) is 17.9 Å². The van der Waals surface area contributed by atoms with Gasteiger partial charge >= 0.3 is 0 Å². The molecule has 5 heteroatoms. The molecular formula is C11H16N4O. The fourth-order valence-corrected chi connectivity index (χ4v) is 1.72. The van der Waals surface area contributed by atoms with Crippen molar-refractivity contribution in [2.24, 2.45) is 5.73 Å². The summed E-state index contributed by atoms with van der Waals surface area (Å²) >= 11 is 0. The van der Waals surface area contributed by atoms with Crippen molar-refractivity contribution in [1.82, 2.24) is 10.3 Å². The Hall–Kier alpha value is -1.62. The second-order valence-electron chi connectivity index (χ2n) is 4.01. The lowest BCUT2D eigenvalue weighted by Crippen LogP contribution is -2.48. The molecule has 2 rings (SSSR count). The summed E-state index contributed by atoms with van der Waals surface area (Å²) in [5, 5.41) is 2.79. The summed E-state index contributed by atoms with van der Waals surface area (Å²) in [6.07, 6.45) is 1.74. The molecule has 5 nitrogen and oxygen atoms in total. The summed E-state index contributed by atoms with van der Waals surface area (Å²) < 4.78 is 0. The number of piperazine rings is 1. The maximum Gasteiger partial charge on any atom is 0.239 e. The van der Waals surface area contributed by atoms with Gasteiger partial charge in [0.05, 0.1) is 6.54 Å². The molecule has 0 bridgehead atoms. The first kappa shape index (κ1) is 10.9. The monoisotopic (exact) mass is 220 g/mol. The van der Waals surface area contributed by atoms with E-state index in [-0.39, 0.29) is 11.9 Å². The average molecular weight is 220 g/mol. The first-order valence-electron chi connectivity index (χ1n) is 5.40. The second-order valence-corrected chi connectivity index (χ2v) is 4.01. The Morgan fingerprint density at radius 3 is 3.12 bits per heavy atom. The van der Waals surface area contributed by atoms with Crippen LogP contribution in [0.2, 0.25) is 0 Å². The molecule has 2 heterocycles. The van der Waals surface area contributed by atoms with Crippen LogP contribution in [0.15, 0.2) is 18.3 Å². The number of carbonyl (C=O) groups is 1. The highest BCUT2D eigenvalue weighted by Crippen LogP contribution is 2.16. The van der Waals surface area contributed by atoms with Crippen LogP contribution < -0.4 is 16.0 Å². The summed E-state index contributed by atoms with van der Waals surface area (Å²) in [5.74, 6) is 0.865. The van der Waals surface area contributed by atoms with Crippen LogP contribution in [0.3, 0.4) is 0 Å². The number of nitrogens with two attached hydrogens (primary N) is 1. The first-order chi connectivity index (χ1) is 7.66. The Labute approximate surface area is 94.6 Å². The molecule has 1 amide bonds. The highest BCUT2D eigenvalue weighted by Gasteiger charge is 2.17. The Bertz CT molecular complexity index is 391. The molecule has 1 fully saturated rings. The number of anilines is 1. The van der Waals surface area contributed by atoms with Crippen LogP contribution in [0.25, 0.3) is 0 Å². The minimum atomic E-state index is -0.0135. The van der Waals surface area contributed by atoms with Gasteiger partial charge in [0, 0.05) is 25.3 Å². The number of hydrogen-bond donors (Lipinski definition) is 2. The zero-order valence-corrected chi connectivity index (χ0v) is 9.31. The lowest BCUT2D eigenvalue weighted by molar-refractivity contribution is -0.120. The van der Waals surface area contributed by atoms with Gasteiger partial charge in [-0.3, -0.25) is 4.79 Å². The second kappa shape index (κ2) is 4.49. The standard InChI is InChI=1S/C11H16N4O/c1-8(12)9-2-3-13-10(6-9)15-5-4-14-11(16)7-15/h2-3,6,8H,4-5,7,12H2,1H3,(H,14,16)/t8-/m0/s1. The fraction of sp³-hybridized carbons (Fsp3) is 0.455. The maximum atomic E-state index is 11.3. The average Bonchev–Trinajstić information content (AvgIpc) is 2.29. The largest absolute Gasteiger partial charge is 0.353 e. The zero-order chi connectivity index (χ0) is 11.5. The molecule has 3 N–H and O–H groups in total. The van der Waals surface area contributed by atoms with Gasteiger partial charge in [-0.2, -0.15) is 0 Å². The molecule has 0 aromatic carbocycles. The number of pyridine rings is 1. The molecular weight excluding hydrogens is 204 g/mol. The minimum Gasteiger partial charge on any atom is -0.353 e. The van der Waals surface area contributed by atoms with Gasteiger partial charge in [-0.15, -0.1) is 0 Å². The maximum absolute atomic E-state index is 11.3. The number of hydrogen-bond acceptors (Lipinski definition) is 4. The SMILES string of the molecule is C[C@H](N)c1ccnc(N2CCNC(=O)C2)c1. The molecule has 0 unspecified atom stereocenters. The van der Waals surface area contributed by atoms with Gasteiger partial charge in [-0.05, 0) is 24.6 Å². The van der Waals surface area contributed by atoms with Crippen LogP contribution in [0.4, 0.5) is 5.82 Å². The number of aromatic nitrogens is 1. The van der Waals surface area contributed by atoms with E-state index in [1.165, 1.54) is 0 Å². The van der Waals surface area contributed by atoms with E-state index in [2.05, 4.69) is 10.3 Å². The fourth-order valence-electron chi connectivity index (χ4n) is 1.72. The minimum absolute atomic E-state index is 0.0135. The summed E-state index contributed by atoms with van der Waals surface area (Å²) in [5.41, 5.74) is 6.85. The van der Waals surface area contributed by atoms with Crippen LogP contribution in [-0.2, 0) is 4.79 Å². The van der Waals surface area contributed by atoms with Gasteiger partial charge in [-0.1, -0.05) is 0 Å². The van der Waals surface area contributed by atoms with E-state index in [0.29, 0.717) is 13.1 Å². The molecule has 1 aliphatic heterocycles. The predicted molar refractivity (Wildman–Crippen MR) is 62.1 cm³/mol. The summed E-state index contributed by atoms with van der Waals surface area (Å²) in [6.45, 7) is 3.77. The zero-order valence-electron chi connectivity index (χ0n) is 9.31.